The molecule has 0 bridgehead atoms. The Balaban J connectivity index is 2.69. The van der Waals surface area contributed by atoms with E-state index in [9.17, 15) is 9.59 Å². The van der Waals surface area contributed by atoms with Crippen LogP contribution in [0.3, 0.4) is 0 Å². The molecule has 0 aromatic heterocycles. The highest BCUT2D eigenvalue weighted by Crippen LogP contribution is 2.21. The van der Waals surface area contributed by atoms with E-state index in [4.69, 9.17) is 9.47 Å². The van der Waals surface area contributed by atoms with Crippen LogP contribution in [0, 0.1) is 0 Å². The average molecular weight is 531 g/mol. The summed E-state index contributed by atoms with van der Waals surface area (Å²) in [6.07, 6.45) is 24.3. The van der Waals surface area contributed by atoms with Crippen molar-refractivity contribution in [3.05, 3.63) is 34.9 Å². The zero-order chi connectivity index (χ0) is 27.7. The molecule has 0 radical (unpaired) electrons. The number of carbonyl (C=O) groups is 2. The number of hydrogen-bond acceptors (Lipinski definition) is 4. The number of unbranched alkanes of at least 4 members (excludes halogenated alkanes) is 17. The number of rotatable bonds is 25. The van der Waals surface area contributed by atoms with Crippen LogP contribution in [0.25, 0.3) is 0 Å². The Bertz CT molecular complexity index is 727. The third kappa shape index (κ3) is 16.2. The van der Waals surface area contributed by atoms with Crippen molar-refractivity contribution in [3.63, 3.8) is 0 Å². The van der Waals surface area contributed by atoms with Crippen molar-refractivity contribution in [1.82, 2.24) is 0 Å². The molecule has 0 saturated heterocycles. The average Bonchev–Trinajstić information content (AvgIpc) is 2.93. The molecule has 0 saturated carbocycles. The van der Waals surface area contributed by atoms with Gasteiger partial charge >= 0.3 is 11.9 Å². The van der Waals surface area contributed by atoms with Gasteiger partial charge in [0.1, 0.15) is 0 Å². The summed E-state index contributed by atoms with van der Waals surface area (Å²) in [7, 11) is 0. The third-order valence-electron chi connectivity index (χ3n) is 7.34. The highest BCUT2D eigenvalue weighted by molar-refractivity contribution is 6.04. The lowest BCUT2D eigenvalue weighted by Gasteiger charge is -2.14. The predicted molar refractivity (Wildman–Crippen MR) is 160 cm³/mol. The van der Waals surface area contributed by atoms with Crippen LogP contribution in [-0.4, -0.2) is 25.2 Å². The van der Waals surface area contributed by atoms with Crippen molar-refractivity contribution < 1.29 is 19.1 Å². The summed E-state index contributed by atoms with van der Waals surface area (Å²) in [5, 5.41) is 0. The van der Waals surface area contributed by atoms with E-state index in [0.717, 1.165) is 50.5 Å². The van der Waals surface area contributed by atoms with Crippen LogP contribution in [0.4, 0.5) is 0 Å². The van der Waals surface area contributed by atoms with E-state index >= 15 is 0 Å². The Morgan fingerprint density at radius 2 is 0.947 bits per heavy atom. The van der Waals surface area contributed by atoms with E-state index in [1.165, 1.54) is 89.9 Å². The molecule has 0 fully saturated rings. The van der Waals surface area contributed by atoms with Crippen molar-refractivity contribution in [2.24, 2.45) is 0 Å². The van der Waals surface area contributed by atoms with Gasteiger partial charge in [-0.2, -0.15) is 0 Å². The number of carbonyl (C=O) groups excluding carboxylic acids is 2. The van der Waals surface area contributed by atoms with Crippen LogP contribution in [0.15, 0.2) is 18.2 Å². The van der Waals surface area contributed by atoms with Crippen molar-refractivity contribution >= 4 is 11.9 Å². The van der Waals surface area contributed by atoms with Crippen LogP contribution in [0.1, 0.15) is 175 Å². The first-order valence-corrected chi connectivity index (χ1v) is 16.1. The number of benzene rings is 1. The van der Waals surface area contributed by atoms with Crippen LogP contribution >= 0.6 is 0 Å². The van der Waals surface area contributed by atoms with Crippen LogP contribution in [0.2, 0.25) is 0 Å². The summed E-state index contributed by atoms with van der Waals surface area (Å²) in [6, 6.07) is 5.58. The second-order valence-corrected chi connectivity index (χ2v) is 10.9. The molecule has 218 valence electrons. The summed E-state index contributed by atoms with van der Waals surface area (Å²) in [6.45, 7) is 7.47. The fraction of sp³-hybridized carbons (Fsp3) is 0.765. The van der Waals surface area contributed by atoms with Gasteiger partial charge in [-0.05, 0) is 37.3 Å². The Morgan fingerprint density at radius 3 is 1.45 bits per heavy atom. The van der Waals surface area contributed by atoms with Gasteiger partial charge in [-0.15, -0.1) is 0 Å². The Kier molecular flexibility index (Phi) is 21.8. The molecule has 1 aromatic carbocycles. The van der Waals surface area contributed by atoms with Crippen molar-refractivity contribution in [2.45, 2.75) is 156 Å². The molecule has 1 aromatic rings. The van der Waals surface area contributed by atoms with Gasteiger partial charge in [-0.3, -0.25) is 0 Å². The molecule has 0 aliphatic carbocycles. The zero-order valence-corrected chi connectivity index (χ0v) is 25.1. The predicted octanol–water partition coefficient (Wildman–Crippen LogP) is 10.4. The SMILES string of the molecule is CCCCCCCCCCc1cccc(C(=O)OCCCCCCCC)c1C(=O)OCCCCCCCC. The minimum atomic E-state index is -0.400. The van der Waals surface area contributed by atoms with Gasteiger partial charge in [-0.1, -0.05) is 142 Å². The van der Waals surface area contributed by atoms with Gasteiger partial charge in [0.15, 0.2) is 0 Å². The molecule has 38 heavy (non-hydrogen) atoms. The van der Waals surface area contributed by atoms with Crippen molar-refractivity contribution in [3.8, 4) is 0 Å². The fourth-order valence-corrected chi connectivity index (χ4v) is 4.91. The van der Waals surface area contributed by atoms with Gasteiger partial charge in [0, 0.05) is 0 Å². The molecule has 0 amide bonds. The summed E-state index contributed by atoms with van der Waals surface area (Å²) < 4.78 is 11.3. The topological polar surface area (TPSA) is 52.6 Å². The van der Waals surface area contributed by atoms with Gasteiger partial charge < -0.3 is 9.47 Å². The van der Waals surface area contributed by atoms with E-state index in [0.29, 0.717) is 24.3 Å². The van der Waals surface area contributed by atoms with E-state index in [-0.39, 0.29) is 5.97 Å². The molecule has 4 heteroatoms. The fourth-order valence-electron chi connectivity index (χ4n) is 4.91. The highest BCUT2D eigenvalue weighted by atomic mass is 16.5. The molecular formula is C34H58O4. The number of ether oxygens (including phenoxy) is 2. The first-order valence-electron chi connectivity index (χ1n) is 16.1. The molecule has 4 nitrogen and oxygen atoms in total. The van der Waals surface area contributed by atoms with Crippen LogP contribution in [-0.2, 0) is 15.9 Å². The first-order chi connectivity index (χ1) is 18.7. The Labute approximate surface area is 234 Å². The minimum absolute atomic E-state index is 0.362. The van der Waals surface area contributed by atoms with Crippen LogP contribution in [0.5, 0.6) is 0 Å². The summed E-state index contributed by atoms with van der Waals surface area (Å²) in [4.78, 5) is 26.2. The molecule has 0 aliphatic heterocycles. The van der Waals surface area contributed by atoms with Gasteiger partial charge in [0.2, 0.25) is 0 Å². The summed E-state index contributed by atoms with van der Waals surface area (Å²) in [5.41, 5.74) is 1.70. The Morgan fingerprint density at radius 1 is 0.526 bits per heavy atom. The smallest absolute Gasteiger partial charge is 0.339 e. The standard InChI is InChI=1S/C34H58O4/c1-4-7-10-13-16-17-18-21-25-30-26-24-27-31(33(35)37-28-22-19-14-11-8-5-2)32(30)34(36)38-29-23-20-15-12-9-6-3/h24,26-27H,4-23,25,28-29H2,1-3H3. The van der Waals surface area contributed by atoms with E-state index < -0.39 is 5.97 Å². The molecule has 0 heterocycles. The van der Waals surface area contributed by atoms with Gasteiger partial charge in [0.05, 0.1) is 24.3 Å². The third-order valence-corrected chi connectivity index (χ3v) is 7.34. The minimum Gasteiger partial charge on any atom is -0.462 e. The van der Waals surface area contributed by atoms with Gasteiger partial charge in [0.25, 0.3) is 0 Å². The quantitative estimate of drug-likeness (QED) is 0.0931. The molecule has 0 unspecified atom stereocenters. The largest absolute Gasteiger partial charge is 0.462 e. The number of aryl methyl sites for hydroxylation is 1. The molecule has 0 spiro atoms. The molecule has 1 rings (SSSR count). The van der Waals surface area contributed by atoms with E-state index in [1.807, 2.05) is 12.1 Å². The van der Waals surface area contributed by atoms with E-state index in [1.54, 1.807) is 6.07 Å². The van der Waals surface area contributed by atoms with Crippen molar-refractivity contribution in [2.75, 3.05) is 13.2 Å². The monoisotopic (exact) mass is 530 g/mol. The normalized spacial score (nSPS) is 11.0. The number of esters is 2. The maximum absolute atomic E-state index is 13.2. The zero-order valence-electron chi connectivity index (χ0n) is 25.1. The summed E-state index contributed by atoms with van der Waals surface area (Å²) in [5.74, 6) is -0.775. The Hall–Kier alpha value is -1.84. The van der Waals surface area contributed by atoms with Crippen molar-refractivity contribution in [1.29, 1.82) is 0 Å². The molecule has 0 atom stereocenters. The maximum Gasteiger partial charge on any atom is 0.339 e. The second-order valence-electron chi connectivity index (χ2n) is 10.9. The number of hydrogen-bond donors (Lipinski definition) is 0. The lowest BCUT2D eigenvalue weighted by Crippen LogP contribution is -2.17. The summed E-state index contributed by atoms with van der Waals surface area (Å²) >= 11 is 0. The lowest BCUT2D eigenvalue weighted by atomic mass is 9.96. The van der Waals surface area contributed by atoms with Gasteiger partial charge in [-0.25, -0.2) is 9.59 Å². The molecule has 0 N–H and O–H groups in total. The molecular weight excluding hydrogens is 472 g/mol. The van der Waals surface area contributed by atoms with E-state index in [2.05, 4.69) is 20.8 Å². The van der Waals surface area contributed by atoms with Crippen LogP contribution < -0.4 is 0 Å². The molecule has 0 aliphatic rings. The maximum atomic E-state index is 13.2. The highest BCUT2D eigenvalue weighted by Gasteiger charge is 2.23. The lowest BCUT2D eigenvalue weighted by molar-refractivity contribution is 0.0449. The second kappa shape index (κ2) is 24.2. The first kappa shape index (κ1) is 34.2.